The second-order valence-electron chi connectivity index (χ2n) is 4.31. The van der Waals surface area contributed by atoms with Crippen LogP contribution in [0.2, 0.25) is 5.02 Å². The van der Waals surface area contributed by atoms with E-state index in [4.69, 9.17) is 17.3 Å². The number of halogens is 2. The van der Waals surface area contributed by atoms with Crippen LogP contribution in [0.5, 0.6) is 0 Å². The fourth-order valence-electron chi connectivity index (χ4n) is 2.08. The van der Waals surface area contributed by atoms with Crippen LogP contribution in [-0.2, 0) is 7.05 Å². The molecule has 102 valence electrons. The molecule has 0 aliphatic heterocycles. The molecule has 0 fully saturated rings. The van der Waals surface area contributed by atoms with Crippen molar-refractivity contribution in [2.75, 3.05) is 5.73 Å². The molecule has 0 unspecified atom stereocenters. The normalized spacial score (nSPS) is 10.9. The molecule has 0 aliphatic carbocycles. The molecular formula is C14H11ClFN3S. The SMILES string of the molecule is Cn1nc(-c2cccc(F)c2Cl)c(-c2cccs2)c1N. The summed E-state index contributed by atoms with van der Waals surface area (Å²) in [5.41, 5.74) is 8.02. The Morgan fingerprint density at radius 2 is 2.10 bits per heavy atom. The van der Waals surface area contributed by atoms with Gasteiger partial charge in [-0.25, -0.2) is 4.39 Å². The van der Waals surface area contributed by atoms with Crippen LogP contribution in [0.15, 0.2) is 35.7 Å². The highest BCUT2D eigenvalue weighted by atomic mass is 35.5. The molecule has 0 aliphatic rings. The minimum Gasteiger partial charge on any atom is -0.383 e. The largest absolute Gasteiger partial charge is 0.383 e. The van der Waals surface area contributed by atoms with E-state index in [2.05, 4.69) is 5.10 Å². The third-order valence-corrected chi connectivity index (χ3v) is 4.34. The van der Waals surface area contributed by atoms with Crippen LogP contribution in [0.3, 0.4) is 0 Å². The molecular weight excluding hydrogens is 297 g/mol. The molecule has 2 aromatic heterocycles. The molecule has 0 atom stereocenters. The quantitative estimate of drug-likeness (QED) is 0.771. The van der Waals surface area contributed by atoms with E-state index in [9.17, 15) is 4.39 Å². The van der Waals surface area contributed by atoms with Gasteiger partial charge in [0.05, 0.1) is 10.6 Å². The zero-order valence-corrected chi connectivity index (χ0v) is 12.2. The molecule has 0 saturated heterocycles. The maximum Gasteiger partial charge on any atom is 0.142 e. The van der Waals surface area contributed by atoms with Crippen molar-refractivity contribution < 1.29 is 4.39 Å². The van der Waals surface area contributed by atoms with E-state index in [0.29, 0.717) is 17.1 Å². The fourth-order valence-corrected chi connectivity index (χ4v) is 3.07. The Bertz CT molecular complexity index is 765. The maximum absolute atomic E-state index is 13.7. The van der Waals surface area contributed by atoms with Crippen LogP contribution in [0.1, 0.15) is 0 Å². The van der Waals surface area contributed by atoms with Crippen molar-refractivity contribution in [2.45, 2.75) is 0 Å². The lowest BCUT2D eigenvalue weighted by Gasteiger charge is -2.04. The van der Waals surface area contributed by atoms with Gasteiger partial charge in [-0.3, -0.25) is 4.68 Å². The van der Waals surface area contributed by atoms with Crippen LogP contribution in [0, 0.1) is 5.82 Å². The molecule has 6 heteroatoms. The van der Waals surface area contributed by atoms with E-state index >= 15 is 0 Å². The van der Waals surface area contributed by atoms with Crippen LogP contribution in [-0.4, -0.2) is 9.78 Å². The molecule has 0 amide bonds. The van der Waals surface area contributed by atoms with Crippen LogP contribution in [0.25, 0.3) is 21.7 Å². The Hall–Kier alpha value is -1.85. The molecule has 2 N–H and O–H groups in total. The summed E-state index contributed by atoms with van der Waals surface area (Å²) in [4.78, 5) is 0.978. The lowest BCUT2D eigenvalue weighted by molar-refractivity contribution is 0.628. The number of aromatic nitrogens is 2. The first-order valence-electron chi connectivity index (χ1n) is 5.90. The first-order valence-corrected chi connectivity index (χ1v) is 7.16. The number of nitrogen functional groups attached to an aromatic ring is 1. The zero-order valence-electron chi connectivity index (χ0n) is 10.6. The van der Waals surface area contributed by atoms with Gasteiger partial charge in [-0.15, -0.1) is 11.3 Å². The van der Waals surface area contributed by atoms with Gasteiger partial charge in [0, 0.05) is 17.5 Å². The predicted molar refractivity (Wildman–Crippen MR) is 81.3 cm³/mol. The molecule has 0 saturated carbocycles. The van der Waals surface area contributed by atoms with Crippen molar-refractivity contribution in [3.8, 4) is 21.7 Å². The predicted octanol–water partition coefficient (Wildman–Crippen LogP) is 4.19. The molecule has 0 radical (unpaired) electrons. The van der Waals surface area contributed by atoms with Gasteiger partial charge >= 0.3 is 0 Å². The summed E-state index contributed by atoms with van der Waals surface area (Å²) in [6, 6.07) is 8.56. The van der Waals surface area contributed by atoms with Gasteiger partial charge in [-0.1, -0.05) is 29.8 Å². The third-order valence-electron chi connectivity index (χ3n) is 3.07. The highest BCUT2D eigenvalue weighted by molar-refractivity contribution is 7.13. The van der Waals surface area contributed by atoms with Crippen molar-refractivity contribution in [3.05, 3.63) is 46.6 Å². The van der Waals surface area contributed by atoms with E-state index in [1.807, 2.05) is 17.5 Å². The van der Waals surface area contributed by atoms with Gasteiger partial charge in [-0.2, -0.15) is 5.10 Å². The molecule has 3 aromatic rings. The lowest BCUT2D eigenvalue weighted by atomic mass is 10.1. The van der Waals surface area contributed by atoms with Gasteiger partial charge in [0.2, 0.25) is 0 Å². The van der Waals surface area contributed by atoms with Crippen LogP contribution < -0.4 is 5.73 Å². The van der Waals surface area contributed by atoms with Gasteiger partial charge in [0.1, 0.15) is 17.3 Å². The number of nitrogens with zero attached hydrogens (tertiary/aromatic N) is 2. The first kappa shape index (κ1) is 13.1. The Morgan fingerprint density at radius 3 is 2.80 bits per heavy atom. The van der Waals surface area contributed by atoms with Gasteiger partial charge < -0.3 is 5.73 Å². The highest BCUT2D eigenvalue weighted by Gasteiger charge is 2.20. The molecule has 3 nitrogen and oxygen atoms in total. The fraction of sp³-hybridized carbons (Fsp3) is 0.0714. The van der Waals surface area contributed by atoms with E-state index in [1.54, 1.807) is 35.2 Å². The van der Waals surface area contributed by atoms with Crippen molar-refractivity contribution >= 4 is 28.8 Å². The van der Waals surface area contributed by atoms with Crippen molar-refractivity contribution in [3.63, 3.8) is 0 Å². The molecule has 20 heavy (non-hydrogen) atoms. The number of aryl methyl sites for hydroxylation is 1. The molecule has 3 rings (SSSR count). The van der Waals surface area contributed by atoms with Gasteiger partial charge in [-0.05, 0) is 17.5 Å². The van der Waals surface area contributed by atoms with Crippen molar-refractivity contribution in [2.24, 2.45) is 7.05 Å². The number of hydrogen-bond acceptors (Lipinski definition) is 3. The Morgan fingerprint density at radius 1 is 1.30 bits per heavy atom. The number of anilines is 1. The first-order chi connectivity index (χ1) is 9.59. The summed E-state index contributed by atoms with van der Waals surface area (Å²) in [5.74, 6) is 0.0632. The Kier molecular flexibility index (Phi) is 3.23. The molecule has 0 spiro atoms. The van der Waals surface area contributed by atoms with Crippen molar-refractivity contribution in [1.29, 1.82) is 0 Å². The van der Waals surface area contributed by atoms with E-state index < -0.39 is 5.82 Å². The summed E-state index contributed by atoms with van der Waals surface area (Å²) < 4.78 is 15.2. The number of benzene rings is 1. The minimum atomic E-state index is -0.467. The second kappa shape index (κ2) is 4.92. The number of nitrogens with two attached hydrogens (primary N) is 1. The highest BCUT2D eigenvalue weighted by Crippen LogP contribution is 2.40. The maximum atomic E-state index is 13.7. The number of thiophene rings is 1. The summed E-state index contributed by atoms with van der Waals surface area (Å²) in [6.07, 6.45) is 0. The number of hydrogen-bond donors (Lipinski definition) is 1. The monoisotopic (exact) mass is 307 g/mol. The molecule has 0 bridgehead atoms. The van der Waals surface area contributed by atoms with E-state index in [1.165, 1.54) is 6.07 Å². The third kappa shape index (κ3) is 1.99. The summed E-state index contributed by atoms with van der Waals surface area (Å²) in [5, 5.41) is 6.40. The van der Waals surface area contributed by atoms with E-state index in [-0.39, 0.29) is 5.02 Å². The van der Waals surface area contributed by atoms with Gasteiger partial charge in [0.25, 0.3) is 0 Å². The molecule has 1 aromatic carbocycles. The average molecular weight is 308 g/mol. The Labute approximate surface area is 124 Å². The molecule has 2 heterocycles. The summed E-state index contributed by atoms with van der Waals surface area (Å²) >= 11 is 7.61. The topological polar surface area (TPSA) is 43.8 Å². The summed E-state index contributed by atoms with van der Waals surface area (Å²) in [7, 11) is 1.75. The lowest BCUT2D eigenvalue weighted by Crippen LogP contribution is -1.97. The standard InChI is InChI=1S/C14H11ClFN3S/c1-19-14(17)11(10-6-3-7-20-10)13(18-19)8-4-2-5-9(16)12(8)15/h2-7H,17H2,1H3. The van der Waals surface area contributed by atoms with E-state index in [0.717, 1.165) is 10.4 Å². The van der Waals surface area contributed by atoms with Crippen LogP contribution >= 0.6 is 22.9 Å². The van der Waals surface area contributed by atoms with Crippen LogP contribution in [0.4, 0.5) is 10.2 Å². The van der Waals surface area contributed by atoms with Gasteiger partial charge in [0.15, 0.2) is 0 Å². The second-order valence-corrected chi connectivity index (χ2v) is 5.64. The smallest absolute Gasteiger partial charge is 0.142 e. The summed E-state index contributed by atoms with van der Waals surface area (Å²) in [6.45, 7) is 0. The Balaban J connectivity index is 2.30. The zero-order chi connectivity index (χ0) is 14.3. The minimum absolute atomic E-state index is 0.0587. The average Bonchev–Trinajstić information content (AvgIpc) is 3.03. The number of rotatable bonds is 2. The van der Waals surface area contributed by atoms with Crippen molar-refractivity contribution in [1.82, 2.24) is 9.78 Å².